The number of anilines is 1. The van der Waals surface area contributed by atoms with Crippen LogP contribution in [0, 0.1) is 18.8 Å². The summed E-state index contributed by atoms with van der Waals surface area (Å²) >= 11 is 1.76. The zero-order valence-electron chi connectivity index (χ0n) is 16.1. The van der Waals surface area contributed by atoms with Gasteiger partial charge < -0.3 is 15.3 Å². The van der Waals surface area contributed by atoms with Gasteiger partial charge in [-0.25, -0.2) is 0 Å². The van der Waals surface area contributed by atoms with Crippen LogP contribution in [-0.4, -0.2) is 27.1 Å². The summed E-state index contributed by atoms with van der Waals surface area (Å²) in [6.45, 7) is 2.12. The highest BCUT2D eigenvalue weighted by Crippen LogP contribution is 2.61. The molecule has 1 amide bonds. The summed E-state index contributed by atoms with van der Waals surface area (Å²) in [4.78, 5) is 18.4. The molecule has 0 saturated heterocycles. The highest BCUT2D eigenvalue weighted by Gasteiger charge is 2.62. The Labute approximate surface area is 169 Å². The summed E-state index contributed by atoms with van der Waals surface area (Å²) < 4.78 is 0. The molecule has 5 heteroatoms. The van der Waals surface area contributed by atoms with Crippen LogP contribution in [0.25, 0.3) is 0 Å². The summed E-state index contributed by atoms with van der Waals surface area (Å²) in [5.74, 6) is 1.21. The number of carbonyl (C=O) groups excluding carboxylic acids is 1. The van der Waals surface area contributed by atoms with Crippen molar-refractivity contribution in [3.63, 3.8) is 0 Å². The van der Waals surface area contributed by atoms with Crippen LogP contribution in [0.3, 0.4) is 0 Å². The van der Waals surface area contributed by atoms with Gasteiger partial charge in [0, 0.05) is 21.0 Å². The van der Waals surface area contributed by atoms with Gasteiger partial charge in [-0.3, -0.25) is 4.79 Å². The lowest BCUT2D eigenvalue weighted by Crippen LogP contribution is -2.68. The quantitative estimate of drug-likeness (QED) is 0.776. The second-order valence-corrected chi connectivity index (χ2v) is 10.9. The Hall–Kier alpha value is -1.85. The third-order valence-electron chi connectivity index (χ3n) is 7.47. The lowest BCUT2D eigenvalue weighted by atomic mass is 9.50. The van der Waals surface area contributed by atoms with Gasteiger partial charge in [0.1, 0.15) is 6.17 Å². The Morgan fingerprint density at radius 3 is 2.54 bits per heavy atom. The van der Waals surface area contributed by atoms with Crippen molar-refractivity contribution in [1.82, 2.24) is 4.90 Å². The van der Waals surface area contributed by atoms with Gasteiger partial charge in [0.05, 0.1) is 11.2 Å². The number of amides is 1. The fraction of sp³-hybridized carbons (Fsp3) is 0.522. The van der Waals surface area contributed by atoms with Crippen LogP contribution in [0.5, 0.6) is 0 Å². The largest absolute Gasteiger partial charge is 0.390 e. The number of rotatable bonds is 2. The van der Waals surface area contributed by atoms with E-state index in [-0.39, 0.29) is 17.6 Å². The number of hydrogen-bond donors (Lipinski definition) is 2. The molecule has 0 radical (unpaired) electrons. The molecule has 4 nitrogen and oxygen atoms in total. The predicted molar refractivity (Wildman–Crippen MR) is 110 cm³/mol. The minimum absolute atomic E-state index is 0.121. The molecule has 146 valence electrons. The van der Waals surface area contributed by atoms with Gasteiger partial charge in [0.25, 0.3) is 5.91 Å². The number of carbonyl (C=O) groups is 1. The molecule has 28 heavy (non-hydrogen) atoms. The van der Waals surface area contributed by atoms with E-state index in [0.717, 1.165) is 43.4 Å². The first-order valence-electron chi connectivity index (χ1n) is 10.4. The van der Waals surface area contributed by atoms with Gasteiger partial charge in [0.2, 0.25) is 0 Å². The molecule has 4 bridgehead atoms. The minimum Gasteiger partial charge on any atom is -0.390 e. The molecule has 2 heterocycles. The van der Waals surface area contributed by atoms with Crippen molar-refractivity contribution in [3.8, 4) is 0 Å². The first-order chi connectivity index (χ1) is 13.4. The van der Waals surface area contributed by atoms with Crippen LogP contribution < -0.4 is 5.32 Å². The molecule has 1 aliphatic heterocycles. The maximum absolute atomic E-state index is 13.8. The Balaban J connectivity index is 1.50. The second-order valence-electron chi connectivity index (χ2n) is 9.63. The normalized spacial score (nSPS) is 38.4. The predicted octanol–water partition coefficient (Wildman–Crippen LogP) is 4.71. The highest BCUT2D eigenvalue weighted by atomic mass is 32.1. The summed E-state index contributed by atoms with van der Waals surface area (Å²) in [6, 6.07) is 12.2. The fourth-order valence-electron chi connectivity index (χ4n) is 6.99. The standard InChI is InChI=1S/C23H26N2O2S/c1-14-6-7-19(28-14)20-24-18-5-3-2-4-17(18)21(26)25(20)22-9-15-8-16(10-22)12-23(27,11-15)13-22/h2-7,15-16,20,24,27H,8-13H2,1H3/t15-,16+,20?,22?,23?. The number of para-hydroxylation sites is 1. The molecule has 5 atom stereocenters. The first kappa shape index (κ1) is 17.0. The Bertz CT molecular complexity index is 953. The van der Waals surface area contributed by atoms with E-state index in [4.69, 9.17) is 0 Å². The third-order valence-corrected chi connectivity index (χ3v) is 8.52. The van der Waals surface area contributed by atoms with E-state index in [1.54, 1.807) is 11.3 Å². The van der Waals surface area contributed by atoms with Crippen molar-refractivity contribution >= 4 is 22.9 Å². The number of fused-ring (bicyclic) bond motifs is 1. The smallest absolute Gasteiger partial charge is 0.258 e. The molecule has 0 spiro atoms. The van der Waals surface area contributed by atoms with Crippen molar-refractivity contribution in [2.45, 2.75) is 62.8 Å². The first-order valence-corrected chi connectivity index (χ1v) is 11.2. The van der Waals surface area contributed by atoms with Crippen molar-refractivity contribution < 1.29 is 9.90 Å². The molecule has 5 aliphatic rings. The number of thiophene rings is 1. The summed E-state index contributed by atoms with van der Waals surface area (Å²) in [6.07, 6.45) is 5.69. The third kappa shape index (κ3) is 2.35. The van der Waals surface area contributed by atoms with Gasteiger partial charge in [-0.15, -0.1) is 11.3 Å². The number of aryl methyl sites for hydroxylation is 1. The number of hydrogen-bond acceptors (Lipinski definition) is 4. The van der Waals surface area contributed by atoms with Crippen molar-refractivity contribution in [1.29, 1.82) is 0 Å². The summed E-state index contributed by atoms with van der Waals surface area (Å²) in [5.41, 5.74) is 0.856. The lowest BCUT2D eigenvalue weighted by Gasteiger charge is -2.64. The molecule has 4 aliphatic carbocycles. The highest BCUT2D eigenvalue weighted by molar-refractivity contribution is 7.12. The average molecular weight is 395 g/mol. The maximum Gasteiger partial charge on any atom is 0.258 e. The van der Waals surface area contributed by atoms with Crippen LogP contribution in [-0.2, 0) is 0 Å². The number of benzene rings is 1. The number of nitrogens with one attached hydrogen (secondary N) is 1. The van der Waals surface area contributed by atoms with Crippen LogP contribution in [0.4, 0.5) is 5.69 Å². The maximum atomic E-state index is 13.8. The van der Waals surface area contributed by atoms with E-state index >= 15 is 0 Å². The van der Waals surface area contributed by atoms with Gasteiger partial charge in [-0.1, -0.05) is 12.1 Å². The van der Waals surface area contributed by atoms with E-state index < -0.39 is 5.60 Å². The zero-order chi connectivity index (χ0) is 19.1. The fourth-order valence-corrected chi connectivity index (χ4v) is 7.91. The van der Waals surface area contributed by atoms with Gasteiger partial charge in [0.15, 0.2) is 0 Å². The van der Waals surface area contributed by atoms with Gasteiger partial charge >= 0.3 is 0 Å². The lowest BCUT2D eigenvalue weighted by molar-refractivity contribution is -0.171. The molecule has 4 saturated carbocycles. The molecule has 4 fully saturated rings. The Morgan fingerprint density at radius 2 is 1.86 bits per heavy atom. The SMILES string of the molecule is Cc1ccc(C2Nc3ccccc3C(=O)N2C23C[C@@H]4C[C@@H](CC(O)(C4)C2)C3)s1. The molecule has 7 rings (SSSR count). The van der Waals surface area contributed by atoms with Gasteiger partial charge in [-0.2, -0.15) is 0 Å². The molecule has 2 N–H and O–H groups in total. The number of aliphatic hydroxyl groups is 1. The van der Waals surface area contributed by atoms with Crippen molar-refractivity contribution in [3.05, 3.63) is 51.7 Å². The summed E-state index contributed by atoms with van der Waals surface area (Å²) in [5, 5.41) is 15.0. The molecule has 3 unspecified atom stereocenters. The molecule has 1 aromatic carbocycles. The van der Waals surface area contributed by atoms with Crippen molar-refractivity contribution in [2.75, 3.05) is 5.32 Å². The van der Waals surface area contributed by atoms with E-state index in [2.05, 4.69) is 29.3 Å². The molecule has 2 aromatic rings. The van der Waals surface area contributed by atoms with E-state index in [9.17, 15) is 9.90 Å². The molecular weight excluding hydrogens is 368 g/mol. The van der Waals surface area contributed by atoms with E-state index in [1.165, 1.54) is 16.2 Å². The van der Waals surface area contributed by atoms with Crippen LogP contribution >= 0.6 is 11.3 Å². The van der Waals surface area contributed by atoms with E-state index in [0.29, 0.717) is 11.8 Å². The van der Waals surface area contributed by atoms with E-state index in [1.807, 2.05) is 24.3 Å². The van der Waals surface area contributed by atoms with Crippen LogP contribution in [0.2, 0.25) is 0 Å². The Morgan fingerprint density at radius 1 is 1.11 bits per heavy atom. The van der Waals surface area contributed by atoms with Crippen molar-refractivity contribution in [2.24, 2.45) is 11.8 Å². The topological polar surface area (TPSA) is 52.6 Å². The van der Waals surface area contributed by atoms with Crippen LogP contribution in [0.15, 0.2) is 36.4 Å². The van der Waals surface area contributed by atoms with Gasteiger partial charge in [-0.05, 0) is 81.5 Å². The Kier molecular flexibility index (Phi) is 3.41. The monoisotopic (exact) mass is 394 g/mol. The molecular formula is C23H26N2O2S. The average Bonchev–Trinajstić information content (AvgIpc) is 3.05. The zero-order valence-corrected chi connectivity index (χ0v) is 17.0. The molecule has 1 aromatic heterocycles. The van der Waals surface area contributed by atoms with Crippen LogP contribution in [0.1, 0.15) is 64.8 Å². The second kappa shape index (κ2) is 5.61. The minimum atomic E-state index is -0.586. The number of nitrogens with zero attached hydrogens (tertiary/aromatic N) is 1. The summed E-state index contributed by atoms with van der Waals surface area (Å²) in [7, 11) is 0.